The molecular formula is C23H29NO4. The Kier molecular flexibility index (Phi) is 6.80. The number of benzene rings is 2. The summed E-state index contributed by atoms with van der Waals surface area (Å²) in [7, 11) is 1.59. The third kappa shape index (κ3) is 5.18. The molecule has 5 nitrogen and oxygen atoms in total. The normalized spacial score (nSPS) is 15.5. The van der Waals surface area contributed by atoms with Gasteiger partial charge in [-0.05, 0) is 48.6 Å². The summed E-state index contributed by atoms with van der Waals surface area (Å²) in [6.45, 7) is 6.13. The summed E-state index contributed by atoms with van der Waals surface area (Å²) >= 11 is 0. The summed E-state index contributed by atoms with van der Waals surface area (Å²) in [4.78, 5) is 12.6. The minimum absolute atomic E-state index is 0.120. The zero-order valence-corrected chi connectivity index (χ0v) is 16.9. The van der Waals surface area contributed by atoms with Crippen molar-refractivity contribution in [3.8, 4) is 17.2 Å². The van der Waals surface area contributed by atoms with Gasteiger partial charge in [0.1, 0.15) is 5.75 Å². The van der Waals surface area contributed by atoms with Crippen molar-refractivity contribution >= 4 is 5.91 Å². The molecule has 1 heterocycles. The van der Waals surface area contributed by atoms with Crippen LogP contribution in [0.25, 0.3) is 0 Å². The SMILES string of the molecule is COc1cc(C(=O)NCC2COc3ccccc3C2)ccc1OCCC(C)C. The first kappa shape index (κ1) is 20.1. The van der Waals surface area contributed by atoms with Crippen LogP contribution in [0, 0.1) is 11.8 Å². The first-order valence-corrected chi connectivity index (χ1v) is 9.86. The molecule has 3 rings (SSSR count). The second-order valence-corrected chi connectivity index (χ2v) is 7.60. The largest absolute Gasteiger partial charge is 0.493 e. The van der Waals surface area contributed by atoms with E-state index in [2.05, 4.69) is 25.2 Å². The van der Waals surface area contributed by atoms with E-state index in [-0.39, 0.29) is 11.8 Å². The van der Waals surface area contributed by atoms with Gasteiger partial charge in [0.2, 0.25) is 0 Å². The minimum atomic E-state index is -0.120. The highest BCUT2D eigenvalue weighted by Crippen LogP contribution is 2.29. The van der Waals surface area contributed by atoms with Crippen LogP contribution < -0.4 is 19.5 Å². The van der Waals surface area contributed by atoms with E-state index in [4.69, 9.17) is 14.2 Å². The molecular weight excluding hydrogens is 354 g/mol. The molecule has 0 saturated carbocycles. The second-order valence-electron chi connectivity index (χ2n) is 7.60. The number of amides is 1. The second kappa shape index (κ2) is 9.49. The number of ether oxygens (including phenoxy) is 3. The van der Waals surface area contributed by atoms with Crippen LogP contribution in [-0.4, -0.2) is 32.8 Å². The smallest absolute Gasteiger partial charge is 0.251 e. The monoisotopic (exact) mass is 383 g/mol. The predicted octanol–water partition coefficient (Wildman–Crippen LogP) is 4.10. The van der Waals surface area contributed by atoms with Gasteiger partial charge in [0.15, 0.2) is 11.5 Å². The van der Waals surface area contributed by atoms with Gasteiger partial charge in [-0.15, -0.1) is 0 Å². The first-order valence-electron chi connectivity index (χ1n) is 9.86. The van der Waals surface area contributed by atoms with Crippen LogP contribution >= 0.6 is 0 Å². The molecule has 1 unspecified atom stereocenters. The summed E-state index contributed by atoms with van der Waals surface area (Å²) in [5, 5.41) is 3.01. The minimum Gasteiger partial charge on any atom is -0.493 e. The maximum atomic E-state index is 12.6. The van der Waals surface area contributed by atoms with Crippen molar-refractivity contribution in [2.75, 3.05) is 26.9 Å². The van der Waals surface area contributed by atoms with E-state index >= 15 is 0 Å². The van der Waals surface area contributed by atoms with Crippen molar-refractivity contribution < 1.29 is 19.0 Å². The van der Waals surface area contributed by atoms with E-state index in [1.165, 1.54) is 5.56 Å². The zero-order chi connectivity index (χ0) is 19.9. The number of carbonyl (C=O) groups is 1. The van der Waals surface area contributed by atoms with Crippen molar-refractivity contribution in [1.29, 1.82) is 0 Å². The fraction of sp³-hybridized carbons (Fsp3) is 0.435. The Hall–Kier alpha value is -2.69. The molecule has 1 atom stereocenters. The molecule has 1 aliphatic heterocycles. The molecule has 2 aromatic carbocycles. The van der Waals surface area contributed by atoms with Crippen LogP contribution in [0.2, 0.25) is 0 Å². The average molecular weight is 383 g/mol. The maximum absolute atomic E-state index is 12.6. The van der Waals surface area contributed by atoms with Gasteiger partial charge in [-0.1, -0.05) is 32.0 Å². The van der Waals surface area contributed by atoms with E-state index in [9.17, 15) is 4.79 Å². The number of hydrogen-bond donors (Lipinski definition) is 1. The summed E-state index contributed by atoms with van der Waals surface area (Å²) in [6.07, 6.45) is 1.88. The molecule has 1 aliphatic rings. The highest BCUT2D eigenvalue weighted by atomic mass is 16.5. The standard InChI is InChI=1S/C23H29NO4/c1-16(2)10-11-27-21-9-8-19(13-22(21)26-3)23(25)24-14-17-12-18-6-4-5-7-20(18)28-15-17/h4-9,13,16-17H,10-12,14-15H2,1-3H3,(H,24,25). The van der Waals surface area contributed by atoms with Gasteiger partial charge in [0.05, 0.1) is 20.3 Å². The summed E-state index contributed by atoms with van der Waals surface area (Å²) in [5.41, 5.74) is 1.75. The summed E-state index contributed by atoms with van der Waals surface area (Å²) < 4.78 is 17.0. The van der Waals surface area contributed by atoms with Crippen molar-refractivity contribution in [1.82, 2.24) is 5.32 Å². The number of hydrogen-bond acceptors (Lipinski definition) is 4. The number of carbonyl (C=O) groups excluding carboxylic acids is 1. The van der Waals surface area contributed by atoms with Crippen LogP contribution in [0.5, 0.6) is 17.2 Å². The molecule has 0 radical (unpaired) electrons. The number of para-hydroxylation sites is 1. The number of nitrogens with one attached hydrogen (secondary N) is 1. The molecule has 0 aliphatic carbocycles. The Morgan fingerprint density at radius 2 is 2.04 bits per heavy atom. The van der Waals surface area contributed by atoms with E-state index in [1.807, 2.05) is 18.2 Å². The number of rotatable bonds is 8. The van der Waals surface area contributed by atoms with Crippen LogP contribution in [0.15, 0.2) is 42.5 Å². The maximum Gasteiger partial charge on any atom is 0.251 e. The number of methoxy groups -OCH3 is 1. The molecule has 28 heavy (non-hydrogen) atoms. The summed E-state index contributed by atoms with van der Waals surface area (Å²) in [5.74, 6) is 2.91. The lowest BCUT2D eigenvalue weighted by Gasteiger charge is -2.25. The van der Waals surface area contributed by atoms with E-state index in [1.54, 1.807) is 25.3 Å². The fourth-order valence-corrected chi connectivity index (χ4v) is 3.19. The van der Waals surface area contributed by atoms with Crippen molar-refractivity contribution in [3.63, 3.8) is 0 Å². The van der Waals surface area contributed by atoms with Gasteiger partial charge < -0.3 is 19.5 Å². The summed E-state index contributed by atoms with van der Waals surface area (Å²) in [6, 6.07) is 13.4. The predicted molar refractivity (Wildman–Crippen MR) is 109 cm³/mol. The Balaban J connectivity index is 1.55. The van der Waals surface area contributed by atoms with Crippen LogP contribution in [0.1, 0.15) is 36.2 Å². The Labute approximate surface area is 167 Å². The zero-order valence-electron chi connectivity index (χ0n) is 16.9. The highest BCUT2D eigenvalue weighted by Gasteiger charge is 2.20. The Bertz CT molecular complexity index is 803. The molecule has 1 N–H and O–H groups in total. The molecule has 0 spiro atoms. The molecule has 2 aromatic rings. The lowest BCUT2D eigenvalue weighted by molar-refractivity contribution is 0.0938. The van der Waals surface area contributed by atoms with Gasteiger partial charge >= 0.3 is 0 Å². The molecule has 1 amide bonds. The van der Waals surface area contributed by atoms with E-state index in [0.29, 0.717) is 42.7 Å². The molecule has 5 heteroatoms. The lowest BCUT2D eigenvalue weighted by atomic mass is 9.96. The Morgan fingerprint density at radius 3 is 2.82 bits per heavy atom. The molecule has 150 valence electrons. The molecule has 0 fully saturated rings. The van der Waals surface area contributed by atoms with E-state index < -0.39 is 0 Å². The first-order chi connectivity index (χ1) is 13.6. The fourth-order valence-electron chi connectivity index (χ4n) is 3.19. The highest BCUT2D eigenvalue weighted by molar-refractivity contribution is 5.94. The average Bonchev–Trinajstić information content (AvgIpc) is 2.71. The molecule has 0 aromatic heterocycles. The van der Waals surface area contributed by atoms with Crippen molar-refractivity contribution in [2.24, 2.45) is 11.8 Å². The van der Waals surface area contributed by atoms with Gasteiger partial charge in [0, 0.05) is 18.0 Å². The third-order valence-corrected chi connectivity index (χ3v) is 4.89. The van der Waals surface area contributed by atoms with Gasteiger partial charge in [-0.2, -0.15) is 0 Å². The van der Waals surface area contributed by atoms with Crippen molar-refractivity contribution in [3.05, 3.63) is 53.6 Å². The Morgan fingerprint density at radius 1 is 1.21 bits per heavy atom. The molecule has 0 bridgehead atoms. The number of fused-ring (bicyclic) bond motifs is 1. The lowest BCUT2D eigenvalue weighted by Crippen LogP contribution is -2.34. The van der Waals surface area contributed by atoms with Crippen molar-refractivity contribution in [2.45, 2.75) is 26.7 Å². The van der Waals surface area contributed by atoms with E-state index in [0.717, 1.165) is 18.6 Å². The van der Waals surface area contributed by atoms with Crippen LogP contribution in [-0.2, 0) is 6.42 Å². The topological polar surface area (TPSA) is 56.8 Å². The van der Waals surface area contributed by atoms with Gasteiger partial charge in [0.25, 0.3) is 5.91 Å². The third-order valence-electron chi connectivity index (χ3n) is 4.89. The van der Waals surface area contributed by atoms with Gasteiger partial charge in [-0.25, -0.2) is 0 Å². The van der Waals surface area contributed by atoms with Crippen LogP contribution in [0.4, 0.5) is 0 Å². The molecule has 0 saturated heterocycles. The van der Waals surface area contributed by atoms with Crippen LogP contribution in [0.3, 0.4) is 0 Å². The quantitative estimate of drug-likeness (QED) is 0.746. The van der Waals surface area contributed by atoms with Gasteiger partial charge in [-0.3, -0.25) is 4.79 Å².